The monoisotopic (exact) mass is 204 g/mol. The van der Waals surface area contributed by atoms with Gasteiger partial charge in [0.2, 0.25) is 0 Å². The van der Waals surface area contributed by atoms with E-state index in [1.165, 1.54) is 0 Å². The van der Waals surface area contributed by atoms with Crippen molar-refractivity contribution < 1.29 is 9.47 Å². The lowest BCUT2D eigenvalue weighted by Gasteiger charge is -2.10. The van der Waals surface area contributed by atoms with Gasteiger partial charge in [-0.25, -0.2) is 4.98 Å². The van der Waals surface area contributed by atoms with Crippen LogP contribution in [0.1, 0.15) is 0 Å². The largest absolute Gasteiger partial charge is 0.493 e. The normalized spacial score (nSPS) is 10.0. The Morgan fingerprint density at radius 1 is 1.20 bits per heavy atom. The molecule has 4 nitrogen and oxygen atoms in total. The van der Waals surface area contributed by atoms with Gasteiger partial charge in [0.15, 0.2) is 11.5 Å². The van der Waals surface area contributed by atoms with E-state index in [0.717, 1.165) is 11.4 Å². The van der Waals surface area contributed by atoms with Crippen LogP contribution >= 0.6 is 0 Å². The van der Waals surface area contributed by atoms with Gasteiger partial charge in [-0.15, -0.1) is 0 Å². The maximum atomic E-state index is 5.31. The van der Waals surface area contributed by atoms with E-state index >= 15 is 0 Å². The maximum Gasteiger partial charge on any atom is 0.171 e. The summed E-state index contributed by atoms with van der Waals surface area (Å²) in [5.41, 5.74) is 0.891. The van der Waals surface area contributed by atoms with Crippen LogP contribution in [0.25, 0.3) is 11.4 Å². The molecule has 1 heterocycles. The zero-order chi connectivity index (χ0) is 10.7. The molecular formula is C11H12N2O2. The number of nitrogens with zero attached hydrogens (tertiary/aromatic N) is 1. The lowest BCUT2D eigenvalue weighted by molar-refractivity contribution is 0.356. The number of imidazole rings is 1. The van der Waals surface area contributed by atoms with E-state index < -0.39 is 0 Å². The van der Waals surface area contributed by atoms with Gasteiger partial charge in [-0.1, -0.05) is 6.07 Å². The third-order valence-corrected chi connectivity index (χ3v) is 2.16. The number of rotatable bonds is 3. The highest BCUT2D eigenvalue weighted by Gasteiger charge is 2.12. The van der Waals surface area contributed by atoms with Gasteiger partial charge in [0.25, 0.3) is 0 Å². The van der Waals surface area contributed by atoms with Crippen molar-refractivity contribution in [3.63, 3.8) is 0 Å². The highest BCUT2D eigenvalue weighted by molar-refractivity contribution is 5.68. The molecule has 0 amide bonds. The number of hydrogen-bond acceptors (Lipinski definition) is 3. The van der Waals surface area contributed by atoms with Crippen LogP contribution < -0.4 is 9.47 Å². The molecule has 0 bridgehead atoms. The molecule has 2 aromatic rings. The molecule has 1 aromatic heterocycles. The van der Waals surface area contributed by atoms with Crippen molar-refractivity contribution in [1.82, 2.24) is 9.97 Å². The van der Waals surface area contributed by atoms with Gasteiger partial charge in [0.05, 0.1) is 19.8 Å². The molecule has 1 N–H and O–H groups in total. The average molecular weight is 204 g/mol. The lowest BCUT2D eigenvalue weighted by atomic mass is 10.2. The summed E-state index contributed by atoms with van der Waals surface area (Å²) in [6.45, 7) is 0. The van der Waals surface area contributed by atoms with Gasteiger partial charge in [-0.2, -0.15) is 0 Å². The third-order valence-electron chi connectivity index (χ3n) is 2.16. The smallest absolute Gasteiger partial charge is 0.171 e. The number of methoxy groups -OCH3 is 2. The van der Waals surface area contributed by atoms with E-state index in [9.17, 15) is 0 Å². The van der Waals surface area contributed by atoms with Crippen LogP contribution in [-0.4, -0.2) is 24.2 Å². The SMILES string of the molecule is COc1cccc(-c2ncc[nH]2)c1OC. The topological polar surface area (TPSA) is 47.1 Å². The van der Waals surface area contributed by atoms with Gasteiger partial charge in [-0.3, -0.25) is 0 Å². The first kappa shape index (κ1) is 9.58. The summed E-state index contributed by atoms with van der Waals surface area (Å²) in [5.74, 6) is 2.16. The molecule has 0 spiro atoms. The van der Waals surface area contributed by atoms with Gasteiger partial charge < -0.3 is 14.5 Å². The first-order valence-electron chi connectivity index (χ1n) is 4.57. The summed E-state index contributed by atoms with van der Waals surface area (Å²) in [4.78, 5) is 7.21. The van der Waals surface area contributed by atoms with Crippen LogP contribution in [0, 0.1) is 0 Å². The second-order valence-electron chi connectivity index (χ2n) is 2.98. The second kappa shape index (κ2) is 4.04. The number of ether oxygens (including phenoxy) is 2. The molecule has 2 rings (SSSR count). The number of aromatic amines is 1. The van der Waals surface area contributed by atoms with Crippen molar-refractivity contribution in [2.45, 2.75) is 0 Å². The summed E-state index contributed by atoms with van der Waals surface area (Å²) >= 11 is 0. The Hall–Kier alpha value is -1.97. The van der Waals surface area contributed by atoms with Crippen LogP contribution in [0.3, 0.4) is 0 Å². The predicted octanol–water partition coefficient (Wildman–Crippen LogP) is 2.09. The minimum Gasteiger partial charge on any atom is -0.493 e. The molecule has 15 heavy (non-hydrogen) atoms. The number of aromatic nitrogens is 2. The Bertz CT molecular complexity index is 438. The summed E-state index contributed by atoms with van der Waals surface area (Å²) in [7, 11) is 3.23. The Labute approximate surface area is 87.9 Å². The van der Waals surface area contributed by atoms with Gasteiger partial charge in [0.1, 0.15) is 5.82 Å². The van der Waals surface area contributed by atoms with E-state index in [-0.39, 0.29) is 0 Å². The fourth-order valence-electron chi connectivity index (χ4n) is 1.49. The highest BCUT2D eigenvalue weighted by atomic mass is 16.5. The quantitative estimate of drug-likeness (QED) is 0.832. The molecule has 0 saturated heterocycles. The molecule has 0 atom stereocenters. The number of benzene rings is 1. The summed E-state index contributed by atoms with van der Waals surface area (Å²) in [5, 5.41) is 0. The summed E-state index contributed by atoms with van der Waals surface area (Å²) in [6, 6.07) is 5.69. The molecule has 0 radical (unpaired) electrons. The molecule has 4 heteroatoms. The fourth-order valence-corrected chi connectivity index (χ4v) is 1.49. The minimum atomic E-state index is 0.690. The average Bonchev–Trinajstić information content (AvgIpc) is 2.81. The molecule has 0 aliphatic carbocycles. The number of nitrogens with one attached hydrogen (secondary N) is 1. The molecule has 78 valence electrons. The standard InChI is InChI=1S/C11H12N2O2/c1-14-9-5-3-4-8(10(9)15-2)11-12-6-7-13-11/h3-7H,1-2H3,(H,12,13). The van der Waals surface area contributed by atoms with Crippen LogP contribution in [0.2, 0.25) is 0 Å². The Morgan fingerprint density at radius 3 is 2.67 bits per heavy atom. The van der Waals surface area contributed by atoms with E-state index in [2.05, 4.69) is 9.97 Å². The van der Waals surface area contributed by atoms with Crippen LogP contribution in [0.15, 0.2) is 30.6 Å². The van der Waals surface area contributed by atoms with Crippen LogP contribution in [0.4, 0.5) is 0 Å². The summed E-state index contributed by atoms with van der Waals surface area (Å²) in [6.07, 6.45) is 3.47. The van der Waals surface area contributed by atoms with Crippen molar-refractivity contribution >= 4 is 0 Å². The summed E-state index contributed by atoms with van der Waals surface area (Å²) < 4.78 is 10.5. The zero-order valence-electron chi connectivity index (χ0n) is 8.65. The minimum absolute atomic E-state index is 0.690. The lowest BCUT2D eigenvalue weighted by Crippen LogP contribution is -1.93. The molecule has 0 fully saturated rings. The third kappa shape index (κ3) is 1.66. The molecule has 1 aromatic carbocycles. The van der Waals surface area contributed by atoms with Gasteiger partial charge >= 0.3 is 0 Å². The molecule has 0 unspecified atom stereocenters. The molecule has 0 aliphatic heterocycles. The molecular weight excluding hydrogens is 192 g/mol. The molecule has 0 saturated carbocycles. The number of para-hydroxylation sites is 1. The van der Waals surface area contributed by atoms with E-state index in [4.69, 9.17) is 9.47 Å². The predicted molar refractivity (Wildman–Crippen MR) is 57.1 cm³/mol. The van der Waals surface area contributed by atoms with Crippen LogP contribution in [-0.2, 0) is 0 Å². The van der Waals surface area contributed by atoms with Gasteiger partial charge in [-0.05, 0) is 12.1 Å². The van der Waals surface area contributed by atoms with Crippen LogP contribution in [0.5, 0.6) is 11.5 Å². The second-order valence-corrected chi connectivity index (χ2v) is 2.98. The Kier molecular flexibility index (Phi) is 2.58. The maximum absolute atomic E-state index is 5.31. The van der Waals surface area contributed by atoms with E-state index in [0.29, 0.717) is 11.5 Å². The van der Waals surface area contributed by atoms with Crippen molar-refractivity contribution in [3.8, 4) is 22.9 Å². The van der Waals surface area contributed by atoms with E-state index in [1.807, 2.05) is 18.2 Å². The Balaban J connectivity index is 2.56. The van der Waals surface area contributed by atoms with Crippen molar-refractivity contribution in [1.29, 1.82) is 0 Å². The highest BCUT2D eigenvalue weighted by Crippen LogP contribution is 2.35. The Morgan fingerprint density at radius 2 is 2.07 bits per heavy atom. The van der Waals surface area contributed by atoms with Gasteiger partial charge in [0, 0.05) is 12.4 Å². The number of H-pyrrole nitrogens is 1. The fraction of sp³-hybridized carbons (Fsp3) is 0.182. The van der Waals surface area contributed by atoms with Crippen molar-refractivity contribution in [3.05, 3.63) is 30.6 Å². The molecule has 0 aliphatic rings. The first-order valence-corrected chi connectivity index (χ1v) is 4.57. The van der Waals surface area contributed by atoms with E-state index in [1.54, 1.807) is 26.6 Å². The first-order chi connectivity index (χ1) is 7.36. The number of hydrogen-bond donors (Lipinski definition) is 1. The van der Waals surface area contributed by atoms with Crippen molar-refractivity contribution in [2.24, 2.45) is 0 Å². The van der Waals surface area contributed by atoms with Crippen molar-refractivity contribution in [2.75, 3.05) is 14.2 Å². The zero-order valence-corrected chi connectivity index (χ0v) is 8.65.